The van der Waals surface area contributed by atoms with Crippen LogP contribution >= 0.6 is 0 Å². The molecular formula is C17H23N3. The first-order chi connectivity index (χ1) is 9.61. The molecule has 0 amide bonds. The van der Waals surface area contributed by atoms with Gasteiger partial charge in [-0.2, -0.15) is 0 Å². The van der Waals surface area contributed by atoms with Crippen LogP contribution in [-0.2, 0) is 6.42 Å². The van der Waals surface area contributed by atoms with E-state index >= 15 is 0 Å². The molecule has 0 aliphatic carbocycles. The lowest BCUT2D eigenvalue weighted by Crippen LogP contribution is -2.25. The molecule has 1 aromatic heterocycles. The van der Waals surface area contributed by atoms with Crippen molar-refractivity contribution in [2.75, 3.05) is 12.3 Å². The zero-order chi connectivity index (χ0) is 14.5. The predicted octanol–water partition coefficient (Wildman–Crippen LogP) is 3.17. The summed E-state index contributed by atoms with van der Waals surface area (Å²) >= 11 is 0. The smallest absolute Gasteiger partial charge is 0.128 e. The monoisotopic (exact) mass is 269 g/mol. The zero-order valence-electron chi connectivity index (χ0n) is 12.5. The second kappa shape index (κ2) is 6.53. The van der Waals surface area contributed by atoms with Crippen molar-refractivity contribution >= 4 is 5.82 Å². The van der Waals surface area contributed by atoms with E-state index in [2.05, 4.69) is 55.3 Å². The molecule has 0 bridgehead atoms. The van der Waals surface area contributed by atoms with Gasteiger partial charge in [0.1, 0.15) is 5.82 Å². The van der Waals surface area contributed by atoms with E-state index in [4.69, 9.17) is 5.73 Å². The van der Waals surface area contributed by atoms with Crippen molar-refractivity contribution in [3.8, 4) is 0 Å². The Morgan fingerprint density at radius 2 is 2.05 bits per heavy atom. The Hall–Kier alpha value is -1.87. The third-order valence-corrected chi connectivity index (χ3v) is 3.56. The normalized spacial score (nSPS) is 12.3. The van der Waals surface area contributed by atoms with Crippen molar-refractivity contribution < 1.29 is 0 Å². The van der Waals surface area contributed by atoms with Gasteiger partial charge in [-0.3, -0.25) is 0 Å². The molecule has 20 heavy (non-hydrogen) atoms. The van der Waals surface area contributed by atoms with Gasteiger partial charge in [0.2, 0.25) is 0 Å². The summed E-state index contributed by atoms with van der Waals surface area (Å²) in [5.74, 6) is 0.628. The van der Waals surface area contributed by atoms with E-state index in [0.29, 0.717) is 5.82 Å². The summed E-state index contributed by atoms with van der Waals surface area (Å²) in [7, 11) is 0. The molecule has 0 fully saturated rings. The van der Waals surface area contributed by atoms with Crippen LogP contribution in [0.2, 0.25) is 0 Å². The highest BCUT2D eigenvalue weighted by Gasteiger charge is 2.17. The van der Waals surface area contributed by atoms with Gasteiger partial charge in [-0.25, -0.2) is 4.98 Å². The molecule has 106 valence electrons. The highest BCUT2D eigenvalue weighted by molar-refractivity contribution is 5.46. The SMILES string of the molecule is CCNC(Cc1cccc(C)c1)c1c(C)ccnc1N. The number of rotatable bonds is 5. The highest BCUT2D eigenvalue weighted by atomic mass is 14.9. The molecule has 1 aromatic carbocycles. The Morgan fingerprint density at radius 3 is 2.70 bits per heavy atom. The molecule has 1 heterocycles. The fourth-order valence-corrected chi connectivity index (χ4v) is 2.64. The maximum absolute atomic E-state index is 6.09. The molecule has 0 spiro atoms. The topological polar surface area (TPSA) is 50.9 Å². The van der Waals surface area contributed by atoms with Gasteiger partial charge in [0.05, 0.1) is 0 Å². The van der Waals surface area contributed by atoms with Crippen LogP contribution in [-0.4, -0.2) is 11.5 Å². The second-order valence-electron chi connectivity index (χ2n) is 5.23. The third-order valence-electron chi connectivity index (χ3n) is 3.56. The molecule has 0 aliphatic rings. The number of likely N-dealkylation sites (N-methyl/N-ethyl adjacent to an activating group) is 1. The van der Waals surface area contributed by atoms with Crippen molar-refractivity contribution in [1.82, 2.24) is 10.3 Å². The molecule has 3 N–H and O–H groups in total. The first-order valence-corrected chi connectivity index (χ1v) is 7.11. The Bertz CT molecular complexity index is 558. The lowest BCUT2D eigenvalue weighted by atomic mass is 9.95. The predicted molar refractivity (Wildman–Crippen MR) is 84.7 cm³/mol. The maximum atomic E-state index is 6.09. The van der Waals surface area contributed by atoms with Crippen LogP contribution in [0.15, 0.2) is 36.5 Å². The average Bonchev–Trinajstić information content (AvgIpc) is 2.38. The zero-order valence-corrected chi connectivity index (χ0v) is 12.5. The van der Waals surface area contributed by atoms with Crippen LogP contribution in [0.4, 0.5) is 5.82 Å². The van der Waals surface area contributed by atoms with Gasteiger partial charge in [-0.15, -0.1) is 0 Å². The molecule has 0 aliphatic heterocycles. The number of aryl methyl sites for hydroxylation is 2. The number of hydrogen-bond acceptors (Lipinski definition) is 3. The number of pyridine rings is 1. The molecule has 0 saturated carbocycles. The Morgan fingerprint density at radius 1 is 1.25 bits per heavy atom. The van der Waals surface area contributed by atoms with Gasteiger partial charge < -0.3 is 11.1 Å². The number of anilines is 1. The Kier molecular flexibility index (Phi) is 4.74. The van der Waals surface area contributed by atoms with E-state index in [1.54, 1.807) is 6.20 Å². The van der Waals surface area contributed by atoms with Crippen molar-refractivity contribution in [3.63, 3.8) is 0 Å². The minimum absolute atomic E-state index is 0.204. The van der Waals surface area contributed by atoms with E-state index in [1.807, 2.05) is 6.07 Å². The van der Waals surface area contributed by atoms with Crippen LogP contribution in [0.5, 0.6) is 0 Å². The van der Waals surface area contributed by atoms with Crippen molar-refractivity contribution in [2.45, 2.75) is 33.2 Å². The average molecular weight is 269 g/mol. The van der Waals surface area contributed by atoms with Crippen LogP contribution in [0, 0.1) is 13.8 Å². The third kappa shape index (κ3) is 3.36. The van der Waals surface area contributed by atoms with Gasteiger partial charge >= 0.3 is 0 Å². The van der Waals surface area contributed by atoms with Gasteiger partial charge in [0, 0.05) is 17.8 Å². The summed E-state index contributed by atoms with van der Waals surface area (Å²) in [6, 6.07) is 10.8. The van der Waals surface area contributed by atoms with Crippen LogP contribution in [0.25, 0.3) is 0 Å². The molecule has 3 heteroatoms. The van der Waals surface area contributed by atoms with E-state index in [1.165, 1.54) is 16.7 Å². The number of nitrogens with zero attached hydrogens (tertiary/aromatic N) is 1. The Balaban J connectivity index is 2.32. The molecule has 0 saturated heterocycles. The summed E-state index contributed by atoms with van der Waals surface area (Å²) in [6.45, 7) is 7.23. The largest absolute Gasteiger partial charge is 0.383 e. The van der Waals surface area contributed by atoms with Crippen molar-refractivity contribution in [2.24, 2.45) is 0 Å². The number of nitrogen functional groups attached to an aromatic ring is 1. The van der Waals surface area contributed by atoms with Gasteiger partial charge in [0.15, 0.2) is 0 Å². The van der Waals surface area contributed by atoms with Gasteiger partial charge in [-0.05, 0) is 44.0 Å². The molecule has 1 atom stereocenters. The van der Waals surface area contributed by atoms with E-state index in [9.17, 15) is 0 Å². The van der Waals surface area contributed by atoms with E-state index in [-0.39, 0.29) is 6.04 Å². The number of aromatic nitrogens is 1. The van der Waals surface area contributed by atoms with E-state index in [0.717, 1.165) is 18.5 Å². The Labute approximate surface area is 121 Å². The lowest BCUT2D eigenvalue weighted by molar-refractivity contribution is 0.547. The summed E-state index contributed by atoms with van der Waals surface area (Å²) in [5.41, 5.74) is 11.0. The standard InChI is InChI=1S/C17H23N3/c1-4-19-15(11-14-7-5-6-12(2)10-14)16-13(3)8-9-20-17(16)18/h5-10,15,19H,4,11H2,1-3H3,(H2,18,20). The first-order valence-electron chi connectivity index (χ1n) is 7.11. The van der Waals surface area contributed by atoms with Crippen LogP contribution < -0.4 is 11.1 Å². The highest BCUT2D eigenvalue weighted by Crippen LogP contribution is 2.26. The molecule has 3 nitrogen and oxygen atoms in total. The van der Waals surface area contributed by atoms with Crippen LogP contribution in [0.3, 0.4) is 0 Å². The molecular weight excluding hydrogens is 246 g/mol. The minimum atomic E-state index is 0.204. The number of benzene rings is 1. The maximum Gasteiger partial charge on any atom is 0.128 e. The molecule has 2 rings (SSSR count). The first kappa shape index (κ1) is 14.5. The van der Waals surface area contributed by atoms with Crippen molar-refractivity contribution in [3.05, 3.63) is 58.8 Å². The van der Waals surface area contributed by atoms with Gasteiger partial charge in [-0.1, -0.05) is 36.8 Å². The molecule has 0 radical (unpaired) electrons. The number of hydrogen-bond donors (Lipinski definition) is 2. The lowest BCUT2D eigenvalue weighted by Gasteiger charge is -2.21. The van der Waals surface area contributed by atoms with Crippen molar-refractivity contribution in [1.29, 1.82) is 0 Å². The van der Waals surface area contributed by atoms with E-state index < -0.39 is 0 Å². The number of nitrogens with one attached hydrogen (secondary N) is 1. The van der Waals surface area contributed by atoms with Gasteiger partial charge in [0.25, 0.3) is 0 Å². The fourth-order valence-electron chi connectivity index (χ4n) is 2.64. The van der Waals surface area contributed by atoms with Crippen LogP contribution in [0.1, 0.15) is 35.2 Å². The summed E-state index contributed by atoms with van der Waals surface area (Å²) < 4.78 is 0. The summed E-state index contributed by atoms with van der Waals surface area (Å²) in [5, 5.41) is 3.53. The fraction of sp³-hybridized carbons (Fsp3) is 0.353. The second-order valence-corrected chi connectivity index (χ2v) is 5.23. The molecule has 2 aromatic rings. The summed E-state index contributed by atoms with van der Waals surface area (Å²) in [6.07, 6.45) is 2.69. The quantitative estimate of drug-likeness (QED) is 0.876. The minimum Gasteiger partial charge on any atom is -0.383 e. The molecule has 1 unspecified atom stereocenters. The summed E-state index contributed by atoms with van der Waals surface area (Å²) in [4.78, 5) is 4.24. The number of nitrogens with two attached hydrogens (primary N) is 1.